The summed E-state index contributed by atoms with van der Waals surface area (Å²) in [5, 5.41) is 0. The molecular weight excluding hydrogens is 178 g/mol. The van der Waals surface area contributed by atoms with E-state index in [2.05, 4.69) is 23.8 Å². The van der Waals surface area contributed by atoms with Crippen molar-refractivity contribution in [1.82, 2.24) is 9.97 Å². The van der Waals surface area contributed by atoms with Gasteiger partial charge >= 0.3 is 0 Å². The molecule has 1 aromatic rings. The lowest BCUT2D eigenvalue weighted by molar-refractivity contribution is 0.286. The standard InChI is InChI=1S/C10H17N3O/c1-8(2)4-3-5-14-10-7-12-9(11)6-13-10/h6-8H,3-5H2,1-2H3,(H2,11,12). The van der Waals surface area contributed by atoms with Crippen molar-refractivity contribution < 1.29 is 4.74 Å². The molecule has 0 fully saturated rings. The molecule has 0 aliphatic carbocycles. The molecule has 14 heavy (non-hydrogen) atoms. The molecule has 0 saturated heterocycles. The molecule has 1 aromatic heterocycles. The van der Waals surface area contributed by atoms with Crippen molar-refractivity contribution in [3.05, 3.63) is 12.4 Å². The normalized spacial score (nSPS) is 10.5. The van der Waals surface area contributed by atoms with Gasteiger partial charge in [0.15, 0.2) is 0 Å². The minimum atomic E-state index is 0.416. The third-order valence-corrected chi connectivity index (χ3v) is 1.82. The van der Waals surface area contributed by atoms with Gasteiger partial charge in [-0.25, -0.2) is 9.97 Å². The first kappa shape index (κ1) is 10.8. The highest BCUT2D eigenvalue weighted by molar-refractivity contribution is 5.24. The lowest BCUT2D eigenvalue weighted by Gasteiger charge is -2.06. The second-order valence-corrected chi connectivity index (χ2v) is 3.66. The molecule has 1 rings (SSSR count). The van der Waals surface area contributed by atoms with Crippen LogP contribution in [0.3, 0.4) is 0 Å². The van der Waals surface area contributed by atoms with Gasteiger partial charge in [-0.15, -0.1) is 0 Å². The van der Waals surface area contributed by atoms with Crippen LogP contribution in [0.4, 0.5) is 5.82 Å². The molecule has 0 aliphatic heterocycles. The Morgan fingerprint density at radius 1 is 1.36 bits per heavy atom. The molecule has 78 valence electrons. The summed E-state index contributed by atoms with van der Waals surface area (Å²) < 4.78 is 5.38. The smallest absolute Gasteiger partial charge is 0.232 e. The molecule has 4 heteroatoms. The lowest BCUT2D eigenvalue weighted by Crippen LogP contribution is -2.02. The van der Waals surface area contributed by atoms with Gasteiger partial charge in [0.25, 0.3) is 0 Å². The van der Waals surface area contributed by atoms with Gasteiger partial charge in [-0.05, 0) is 18.8 Å². The van der Waals surface area contributed by atoms with Crippen LogP contribution in [0.15, 0.2) is 12.4 Å². The van der Waals surface area contributed by atoms with E-state index in [-0.39, 0.29) is 0 Å². The molecule has 0 saturated carbocycles. The van der Waals surface area contributed by atoms with E-state index in [1.54, 1.807) is 6.20 Å². The Morgan fingerprint density at radius 3 is 2.71 bits per heavy atom. The molecule has 0 unspecified atom stereocenters. The van der Waals surface area contributed by atoms with E-state index in [4.69, 9.17) is 10.5 Å². The third-order valence-electron chi connectivity index (χ3n) is 1.82. The molecule has 0 spiro atoms. The zero-order chi connectivity index (χ0) is 10.4. The van der Waals surface area contributed by atoms with Crippen LogP contribution in [0.2, 0.25) is 0 Å². The topological polar surface area (TPSA) is 61.0 Å². The predicted molar refractivity (Wildman–Crippen MR) is 56.0 cm³/mol. The molecule has 0 bridgehead atoms. The second kappa shape index (κ2) is 5.42. The SMILES string of the molecule is CC(C)CCCOc1cnc(N)cn1. The average Bonchev–Trinajstić information content (AvgIpc) is 2.15. The first-order chi connectivity index (χ1) is 6.68. The molecule has 1 heterocycles. The number of rotatable bonds is 5. The Hall–Kier alpha value is -1.32. The Labute approximate surface area is 84.5 Å². The van der Waals surface area contributed by atoms with Gasteiger partial charge in [0, 0.05) is 0 Å². The number of hydrogen-bond donors (Lipinski definition) is 1. The number of nitrogens with zero attached hydrogens (tertiary/aromatic N) is 2. The monoisotopic (exact) mass is 195 g/mol. The minimum Gasteiger partial charge on any atom is -0.477 e. The van der Waals surface area contributed by atoms with E-state index in [1.807, 2.05) is 0 Å². The fourth-order valence-electron chi connectivity index (χ4n) is 1.07. The predicted octanol–water partition coefficient (Wildman–Crippen LogP) is 1.87. The minimum absolute atomic E-state index is 0.416. The van der Waals surface area contributed by atoms with Gasteiger partial charge in [0.2, 0.25) is 5.88 Å². The molecule has 0 atom stereocenters. The average molecular weight is 195 g/mol. The van der Waals surface area contributed by atoms with Crippen LogP contribution < -0.4 is 10.5 Å². The van der Waals surface area contributed by atoms with Crippen molar-refractivity contribution >= 4 is 5.82 Å². The highest BCUT2D eigenvalue weighted by atomic mass is 16.5. The maximum absolute atomic E-state index is 5.39. The lowest BCUT2D eigenvalue weighted by atomic mass is 10.1. The molecule has 0 aromatic carbocycles. The fraction of sp³-hybridized carbons (Fsp3) is 0.600. The summed E-state index contributed by atoms with van der Waals surface area (Å²) in [6.45, 7) is 5.09. The van der Waals surface area contributed by atoms with Crippen LogP contribution >= 0.6 is 0 Å². The quantitative estimate of drug-likeness (QED) is 0.729. The molecule has 4 nitrogen and oxygen atoms in total. The van der Waals surface area contributed by atoms with Gasteiger partial charge in [0.1, 0.15) is 5.82 Å². The zero-order valence-electron chi connectivity index (χ0n) is 8.73. The molecule has 0 radical (unpaired) electrons. The van der Waals surface area contributed by atoms with Crippen molar-refractivity contribution in [3.8, 4) is 5.88 Å². The first-order valence-corrected chi connectivity index (χ1v) is 4.89. The van der Waals surface area contributed by atoms with Gasteiger partial charge in [-0.2, -0.15) is 0 Å². The van der Waals surface area contributed by atoms with E-state index in [1.165, 1.54) is 12.6 Å². The Balaban J connectivity index is 2.21. The number of hydrogen-bond acceptors (Lipinski definition) is 4. The summed E-state index contributed by atoms with van der Waals surface area (Å²) in [6.07, 6.45) is 5.26. The van der Waals surface area contributed by atoms with Gasteiger partial charge in [0.05, 0.1) is 19.0 Å². The largest absolute Gasteiger partial charge is 0.477 e. The number of nitrogen functional groups attached to an aromatic ring is 1. The van der Waals surface area contributed by atoms with E-state index in [0.29, 0.717) is 18.3 Å². The van der Waals surface area contributed by atoms with Crippen molar-refractivity contribution in [1.29, 1.82) is 0 Å². The fourth-order valence-corrected chi connectivity index (χ4v) is 1.07. The summed E-state index contributed by atoms with van der Waals surface area (Å²) in [5.41, 5.74) is 5.39. The molecule has 0 amide bonds. The second-order valence-electron chi connectivity index (χ2n) is 3.66. The van der Waals surface area contributed by atoms with Crippen LogP contribution in [0.5, 0.6) is 5.88 Å². The number of nitrogens with two attached hydrogens (primary N) is 1. The van der Waals surface area contributed by atoms with Crippen molar-refractivity contribution in [2.75, 3.05) is 12.3 Å². The van der Waals surface area contributed by atoms with Crippen molar-refractivity contribution in [2.24, 2.45) is 5.92 Å². The highest BCUT2D eigenvalue weighted by Crippen LogP contribution is 2.07. The van der Waals surface area contributed by atoms with Gasteiger partial charge < -0.3 is 10.5 Å². The molecule has 2 N–H and O–H groups in total. The van der Waals surface area contributed by atoms with Crippen LogP contribution in [-0.2, 0) is 0 Å². The Kier molecular flexibility index (Phi) is 4.16. The van der Waals surface area contributed by atoms with Crippen LogP contribution in [0, 0.1) is 5.92 Å². The van der Waals surface area contributed by atoms with Crippen LogP contribution in [0.1, 0.15) is 26.7 Å². The van der Waals surface area contributed by atoms with E-state index >= 15 is 0 Å². The van der Waals surface area contributed by atoms with Crippen molar-refractivity contribution in [2.45, 2.75) is 26.7 Å². The highest BCUT2D eigenvalue weighted by Gasteiger charge is 1.97. The zero-order valence-corrected chi connectivity index (χ0v) is 8.73. The number of ether oxygens (including phenoxy) is 1. The van der Waals surface area contributed by atoms with E-state index in [9.17, 15) is 0 Å². The molecular formula is C10H17N3O. The maximum atomic E-state index is 5.39. The summed E-state index contributed by atoms with van der Waals surface area (Å²) in [6, 6.07) is 0. The van der Waals surface area contributed by atoms with E-state index < -0.39 is 0 Å². The molecule has 0 aliphatic rings. The van der Waals surface area contributed by atoms with Crippen LogP contribution in [-0.4, -0.2) is 16.6 Å². The third kappa shape index (κ3) is 4.07. The first-order valence-electron chi connectivity index (χ1n) is 4.89. The summed E-state index contributed by atoms with van der Waals surface area (Å²) >= 11 is 0. The van der Waals surface area contributed by atoms with Gasteiger partial charge in [-0.3, -0.25) is 0 Å². The number of anilines is 1. The summed E-state index contributed by atoms with van der Waals surface area (Å²) in [7, 11) is 0. The maximum Gasteiger partial charge on any atom is 0.232 e. The number of aromatic nitrogens is 2. The van der Waals surface area contributed by atoms with E-state index in [0.717, 1.165) is 12.3 Å². The Bertz CT molecular complexity index is 259. The Morgan fingerprint density at radius 2 is 2.14 bits per heavy atom. The van der Waals surface area contributed by atoms with Gasteiger partial charge in [-0.1, -0.05) is 13.8 Å². The summed E-state index contributed by atoms with van der Waals surface area (Å²) in [5.74, 6) is 1.68. The van der Waals surface area contributed by atoms with Crippen molar-refractivity contribution in [3.63, 3.8) is 0 Å². The summed E-state index contributed by atoms with van der Waals surface area (Å²) in [4.78, 5) is 7.87. The van der Waals surface area contributed by atoms with Crippen LogP contribution in [0.25, 0.3) is 0 Å².